The van der Waals surface area contributed by atoms with E-state index < -0.39 is 0 Å². The minimum atomic E-state index is 0.716. The topological polar surface area (TPSA) is 26.0 Å². The van der Waals surface area contributed by atoms with Crippen LogP contribution in [-0.4, -0.2) is 4.98 Å². The average molecular weight is 165 g/mol. The van der Waals surface area contributed by atoms with Crippen molar-refractivity contribution < 1.29 is 4.42 Å². The van der Waals surface area contributed by atoms with Gasteiger partial charge < -0.3 is 4.42 Å². The highest BCUT2D eigenvalue weighted by molar-refractivity contribution is 7.13. The highest BCUT2D eigenvalue weighted by Crippen LogP contribution is 2.24. The quantitative estimate of drug-likeness (QED) is 0.649. The molecule has 0 bridgehead atoms. The van der Waals surface area contributed by atoms with E-state index in [1.54, 1.807) is 17.5 Å². The van der Waals surface area contributed by atoms with Crippen molar-refractivity contribution in [2.24, 2.45) is 0 Å². The Hall–Kier alpha value is -1.09. The van der Waals surface area contributed by atoms with Crippen molar-refractivity contribution in [2.45, 2.75) is 6.92 Å². The Morgan fingerprint density at radius 3 is 3.00 bits per heavy atom. The fraction of sp³-hybridized carbons (Fsp3) is 0.125. The number of aromatic nitrogens is 1. The Kier molecular flexibility index (Phi) is 1.51. The fourth-order valence-electron chi connectivity index (χ4n) is 0.894. The van der Waals surface area contributed by atoms with E-state index in [9.17, 15) is 0 Å². The minimum Gasteiger partial charge on any atom is -0.440 e. The summed E-state index contributed by atoms with van der Waals surface area (Å²) in [4.78, 5) is 5.14. The average Bonchev–Trinajstić information content (AvgIpc) is 2.55. The third-order valence-corrected chi connectivity index (χ3v) is 2.27. The van der Waals surface area contributed by atoms with Crippen molar-refractivity contribution in [1.29, 1.82) is 0 Å². The molecule has 0 aliphatic heterocycles. The van der Waals surface area contributed by atoms with E-state index in [2.05, 4.69) is 4.98 Å². The molecule has 2 heterocycles. The summed E-state index contributed by atoms with van der Waals surface area (Å²) in [6.07, 6.45) is 1.75. The van der Waals surface area contributed by atoms with Gasteiger partial charge >= 0.3 is 0 Å². The van der Waals surface area contributed by atoms with Gasteiger partial charge in [0.2, 0.25) is 0 Å². The van der Waals surface area contributed by atoms with Crippen LogP contribution in [0.25, 0.3) is 10.6 Å². The molecular formula is C8H7NOS. The summed E-state index contributed by atoms with van der Waals surface area (Å²) < 4.78 is 5.33. The molecule has 0 N–H and O–H groups in total. The van der Waals surface area contributed by atoms with Gasteiger partial charge in [0.1, 0.15) is 0 Å². The molecule has 11 heavy (non-hydrogen) atoms. The maximum atomic E-state index is 5.33. The summed E-state index contributed by atoms with van der Waals surface area (Å²) in [6, 6.07) is 4.02. The fourth-order valence-corrected chi connectivity index (χ4v) is 1.57. The lowest BCUT2D eigenvalue weighted by molar-refractivity contribution is 0.535. The Morgan fingerprint density at radius 2 is 2.45 bits per heavy atom. The van der Waals surface area contributed by atoms with Gasteiger partial charge in [-0.2, -0.15) is 0 Å². The number of rotatable bonds is 1. The Balaban J connectivity index is 2.45. The zero-order valence-corrected chi connectivity index (χ0v) is 6.89. The number of oxazole rings is 1. The number of hydrogen-bond acceptors (Lipinski definition) is 3. The molecule has 2 aromatic rings. The summed E-state index contributed by atoms with van der Waals surface area (Å²) >= 11 is 1.66. The molecule has 0 spiro atoms. The molecule has 0 aliphatic carbocycles. The van der Waals surface area contributed by atoms with Crippen molar-refractivity contribution in [1.82, 2.24) is 4.98 Å². The van der Waals surface area contributed by atoms with Crippen molar-refractivity contribution in [3.8, 4) is 10.6 Å². The summed E-state index contributed by atoms with van der Waals surface area (Å²) in [5.74, 6) is 1.57. The summed E-state index contributed by atoms with van der Waals surface area (Å²) in [5, 5.41) is 2.02. The van der Waals surface area contributed by atoms with E-state index in [0.717, 1.165) is 10.6 Å². The Morgan fingerprint density at radius 1 is 1.55 bits per heavy atom. The normalized spacial score (nSPS) is 10.3. The van der Waals surface area contributed by atoms with Gasteiger partial charge in [-0.15, -0.1) is 11.3 Å². The van der Waals surface area contributed by atoms with E-state index >= 15 is 0 Å². The maximum absolute atomic E-state index is 5.33. The second kappa shape index (κ2) is 2.51. The molecule has 0 saturated heterocycles. The second-order valence-corrected chi connectivity index (χ2v) is 3.17. The largest absolute Gasteiger partial charge is 0.440 e. The van der Waals surface area contributed by atoms with Gasteiger partial charge in [-0.3, -0.25) is 0 Å². The lowest BCUT2D eigenvalue weighted by atomic mass is 10.4. The zero-order chi connectivity index (χ0) is 7.68. The van der Waals surface area contributed by atoms with Crippen molar-refractivity contribution in [2.75, 3.05) is 0 Å². The number of aryl methyl sites for hydroxylation is 1. The lowest BCUT2D eigenvalue weighted by Crippen LogP contribution is -1.60. The Labute approximate surface area is 68.5 Å². The van der Waals surface area contributed by atoms with Crippen molar-refractivity contribution in [3.05, 3.63) is 29.6 Å². The smallest absolute Gasteiger partial charge is 0.191 e. The first kappa shape index (κ1) is 6.61. The molecule has 2 aromatic heterocycles. The molecule has 3 heteroatoms. The van der Waals surface area contributed by atoms with Crippen LogP contribution in [0.2, 0.25) is 0 Å². The molecule has 0 unspecified atom stereocenters. The molecule has 0 fully saturated rings. The zero-order valence-electron chi connectivity index (χ0n) is 6.07. The number of hydrogen-bond donors (Lipinski definition) is 0. The predicted octanol–water partition coefficient (Wildman–Crippen LogP) is 2.71. The molecule has 2 rings (SSSR count). The maximum Gasteiger partial charge on any atom is 0.191 e. The second-order valence-electron chi connectivity index (χ2n) is 2.22. The van der Waals surface area contributed by atoms with Crippen molar-refractivity contribution in [3.63, 3.8) is 0 Å². The van der Waals surface area contributed by atoms with E-state index in [0.29, 0.717) is 5.89 Å². The molecular weight excluding hydrogens is 158 g/mol. The first-order chi connectivity index (χ1) is 5.36. The van der Waals surface area contributed by atoms with Crippen LogP contribution in [0.1, 0.15) is 5.89 Å². The third-order valence-electron chi connectivity index (χ3n) is 1.39. The molecule has 0 amide bonds. The van der Waals surface area contributed by atoms with Crippen LogP contribution >= 0.6 is 11.3 Å². The van der Waals surface area contributed by atoms with Gasteiger partial charge in [0.15, 0.2) is 11.7 Å². The molecule has 0 atom stereocenters. The van der Waals surface area contributed by atoms with Gasteiger partial charge in [-0.1, -0.05) is 6.07 Å². The highest BCUT2D eigenvalue weighted by atomic mass is 32.1. The van der Waals surface area contributed by atoms with Crippen LogP contribution in [0.5, 0.6) is 0 Å². The van der Waals surface area contributed by atoms with Gasteiger partial charge in [0, 0.05) is 6.92 Å². The first-order valence-corrected chi connectivity index (χ1v) is 4.20. The lowest BCUT2D eigenvalue weighted by Gasteiger charge is -1.85. The highest BCUT2D eigenvalue weighted by Gasteiger charge is 2.02. The summed E-state index contributed by atoms with van der Waals surface area (Å²) in [5.41, 5.74) is 0. The SMILES string of the molecule is Cc1ncc(-c2cccs2)o1. The van der Waals surface area contributed by atoms with Gasteiger partial charge in [0.25, 0.3) is 0 Å². The predicted molar refractivity (Wildman–Crippen MR) is 44.6 cm³/mol. The van der Waals surface area contributed by atoms with Gasteiger partial charge in [-0.25, -0.2) is 4.98 Å². The van der Waals surface area contributed by atoms with Crippen LogP contribution in [0.4, 0.5) is 0 Å². The van der Waals surface area contributed by atoms with E-state index in [-0.39, 0.29) is 0 Å². The monoisotopic (exact) mass is 165 g/mol. The number of nitrogens with zero attached hydrogens (tertiary/aromatic N) is 1. The minimum absolute atomic E-state index is 0.716. The molecule has 0 saturated carbocycles. The van der Waals surface area contributed by atoms with E-state index in [1.807, 2.05) is 24.4 Å². The molecule has 0 radical (unpaired) electrons. The van der Waals surface area contributed by atoms with Gasteiger partial charge in [-0.05, 0) is 11.4 Å². The van der Waals surface area contributed by atoms with E-state index in [4.69, 9.17) is 4.42 Å². The van der Waals surface area contributed by atoms with Crippen molar-refractivity contribution >= 4 is 11.3 Å². The first-order valence-electron chi connectivity index (χ1n) is 3.32. The standard InChI is InChI=1S/C8H7NOS/c1-6-9-5-7(10-6)8-3-2-4-11-8/h2-5H,1H3. The van der Waals surface area contributed by atoms with Crippen LogP contribution in [0, 0.1) is 6.92 Å². The third kappa shape index (κ3) is 1.19. The summed E-state index contributed by atoms with van der Waals surface area (Å²) in [7, 11) is 0. The molecule has 2 nitrogen and oxygen atoms in total. The molecule has 0 aliphatic rings. The number of thiophene rings is 1. The van der Waals surface area contributed by atoms with Gasteiger partial charge in [0.05, 0.1) is 11.1 Å². The van der Waals surface area contributed by atoms with Crippen LogP contribution in [0.3, 0.4) is 0 Å². The molecule has 0 aromatic carbocycles. The van der Waals surface area contributed by atoms with Crippen LogP contribution < -0.4 is 0 Å². The Bertz CT molecular complexity index is 337. The van der Waals surface area contributed by atoms with Crippen LogP contribution in [0.15, 0.2) is 28.1 Å². The molecule has 56 valence electrons. The van der Waals surface area contributed by atoms with Crippen LogP contribution in [-0.2, 0) is 0 Å². The summed E-state index contributed by atoms with van der Waals surface area (Å²) in [6.45, 7) is 1.84. The van der Waals surface area contributed by atoms with E-state index in [1.165, 1.54) is 0 Å².